The average molecular weight is 365 g/mol. The highest BCUT2D eigenvalue weighted by molar-refractivity contribution is 5.94. The smallest absolute Gasteiger partial charge is 0.251 e. The number of carbonyl (C=O) groups excluding carboxylic acids is 1. The molecule has 5 nitrogen and oxygen atoms in total. The van der Waals surface area contributed by atoms with Crippen LogP contribution in [0.25, 0.3) is 11.0 Å². The Morgan fingerprint density at radius 3 is 2.48 bits per heavy atom. The first-order valence-electron chi connectivity index (χ1n) is 9.17. The van der Waals surface area contributed by atoms with Crippen molar-refractivity contribution >= 4 is 16.9 Å². The van der Waals surface area contributed by atoms with E-state index >= 15 is 0 Å². The molecule has 5 heteroatoms. The molecule has 0 saturated heterocycles. The minimum atomic E-state index is -0.0594. The Bertz CT molecular complexity index is 950. The van der Waals surface area contributed by atoms with Gasteiger partial charge >= 0.3 is 0 Å². The van der Waals surface area contributed by atoms with Crippen LogP contribution < -0.4 is 10.1 Å². The van der Waals surface area contributed by atoms with Crippen LogP contribution in [0.15, 0.2) is 42.5 Å². The highest BCUT2D eigenvalue weighted by Crippen LogP contribution is 2.22. The van der Waals surface area contributed by atoms with Crippen LogP contribution in [0.4, 0.5) is 0 Å². The molecule has 0 saturated carbocycles. The fourth-order valence-corrected chi connectivity index (χ4v) is 3.09. The monoisotopic (exact) mass is 365 g/mol. The number of hydrogen-bond acceptors (Lipinski definition) is 3. The van der Waals surface area contributed by atoms with Crippen LogP contribution in [-0.4, -0.2) is 29.1 Å². The van der Waals surface area contributed by atoms with E-state index in [0.29, 0.717) is 18.5 Å². The molecule has 1 N–H and O–H groups in total. The molecule has 2 aromatic carbocycles. The minimum Gasteiger partial charge on any atom is -0.497 e. The van der Waals surface area contributed by atoms with Crippen molar-refractivity contribution in [2.45, 2.75) is 32.6 Å². The highest BCUT2D eigenvalue weighted by Gasteiger charge is 2.14. The molecule has 0 fully saturated rings. The molecule has 0 radical (unpaired) electrons. The third kappa shape index (κ3) is 4.13. The minimum absolute atomic E-state index is 0.0594. The summed E-state index contributed by atoms with van der Waals surface area (Å²) >= 11 is 0. The Labute approximate surface area is 160 Å². The van der Waals surface area contributed by atoms with Crippen molar-refractivity contribution in [1.29, 1.82) is 0 Å². The Morgan fingerprint density at radius 2 is 1.85 bits per heavy atom. The van der Waals surface area contributed by atoms with E-state index in [1.54, 1.807) is 7.11 Å². The van der Waals surface area contributed by atoms with Crippen LogP contribution in [0.2, 0.25) is 0 Å². The molecule has 3 rings (SSSR count). The van der Waals surface area contributed by atoms with Crippen molar-refractivity contribution < 1.29 is 9.53 Å². The Morgan fingerprint density at radius 1 is 1.15 bits per heavy atom. The number of carbonyl (C=O) groups is 1. The summed E-state index contributed by atoms with van der Waals surface area (Å²) in [6, 6.07) is 13.7. The normalized spacial score (nSPS) is 11.6. The number of nitrogens with zero attached hydrogens (tertiary/aromatic N) is 2. The molecule has 142 valence electrons. The Hall–Kier alpha value is -2.82. The SMILES string of the molecule is COc1ccc2c(c1)nc(CCNC(=O)c1ccc(C(C)(C)C)cc1)n2C. The summed E-state index contributed by atoms with van der Waals surface area (Å²) in [4.78, 5) is 17.0. The van der Waals surface area contributed by atoms with E-state index < -0.39 is 0 Å². The van der Waals surface area contributed by atoms with Gasteiger partial charge < -0.3 is 14.6 Å². The van der Waals surface area contributed by atoms with Crippen molar-refractivity contribution in [3.63, 3.8) is 0 Å². The van der Waals surface area contributed by atoms with Crippen LogP contribution in [0, 0.1) is 0 Å². The number of ether oxygens (including phenoxy) is 1. The second-order valence-electron chi connectivity index (χ2n) is 7.77. The number of aryl methyl sites for hydroxylation is 1. The number of rotatable bonds is 5. The molecule has 0 bridgehead atoms. The fraction of sp³-hybridized carbons (Fsp3) is 0.364. The van der Waals surface area contributed by atoms with Crippen molar-refractivity contribution in [2.24, 2.45) is 7.05 Å². The molecule has 0 aliphatic heterocycles. The van der Waals surface area contributed by atoms with E-state index in [9.17, 15) is 4.79 Å². The molecule has 1 amide bonds. The van der Waals surface area contributed by atoms with E-state index in [4.69, 9.17) is 4.74 Å². The number of benzene rings is 2. The van der Waals surface area contributed by atoms with Gasteiger partial charge in [-0.15, -0.1) is 0 Å². The summed E-state index contributed by atoms with van der Waals surface area (Å²) in [5, 5.41) is 2.98. The zero-order valence-electron chi connectivity index (χ0n) is 16.7. The Kier molecular flexibility index (Phi) is 5.22. The van der Waals surface area contributed by atoms with Crippen LogP contribution in [-0.2, 0) is 18.9 Å². The molecule has 0 unspecified atom stereocenters. The first kappa shape index (κ1) is 19.0. The van der Waals surface area contributed by atoms with Crippen LogP contribution in [0.3, 0.4) is 0 Å². The number of hydrogen-bond donors (Lipinski definition) is 1. The maximum atomic E-state index is 12.4. The van der Waals surface area contributed by atoms with E-state index in [1.807, 2.05) is 49.5 Å². The van der Waals surface area contributed by atoms with Gasteiger partial charge in [-0.2, -0.15) is 0 Å². The fourth-order valence-electron chi connectivity index (χ4n) is 3.09. The molecular weight excluding hydrogens is 338 g/mol. The summed E-state index contributed by atoms with van der Waals surface area (Å²) < 4.78 is 7.31. The Balaban J connectivity index is 1.63. The van der Waals surface area contributed by atoms with E-state index in [-0.39, 0.29) is 11.3 Å². The lowest BCUT2D eigenvalue weighted by Gasteiger charge is -2.19. The standard InChI is InChI=1S/C22H27N3O2/c1-22(2,3)16-8-6-15(7-9-16)21(26)23-13-12-20-24-18-14-17(27-5)10-11-19(18)25(20)4/h6-11,14H,12-13H2,1-5H3,(H,23,26). The first-order valence-corrected chi connectivity index (χ1v) is 9.17. The lowest BCUT2D eigenvalue weighted by Crippen LogP contribution is -2.26. The first-order chi connectivity index (χ1) is 12.8. The van der Waals surface area contributed by atoms with Gasteiger partial charge in [0.15, 0.2) is 0 Å². The quantitative estimate of drug-likeness (QED) is 0.747. The van der Waals surface area contributed by atoms with Gasteiger partial charge in [-0.3, -0.25) is 4.79 Å². The van der Waals surface area contributed by atoms with Gasteiger partial charge in [-0.1, -0.05) is 32.9 Å². The van der Waals surface area contributed by atoms with E-state index in [0.717, 1.165) is 22.6 Å². The van der Waals surface area contributed by atoms with Gasteiger partial charge in [0.05, 0.1) is 18.1 Å². The lowest BCUT2D eigenvalue weighted by molar-refractivity contribution is 0.0954. The topological polar surface area (TPSA) is 56.1 Å². The van der Waals surface area contributed by atoms with Gasteiger partial charge in [0.25, 0.3) is 5.91 Å². The maximum Gasteiger partial charge on any atom is 0.251 e. The van der Waals surface area contributed by atoms with Crippen molar-refractivity contribution in [2.75, 3.05) is 13.7 Å². The van der Waals surface area contributed by atoms with Gasteiger partial charge in [-0.25, -0.2) is 4.98 Å². The van der Waals surface area contributed by atoms with Crippen LogP contribution in [0.1, 0.15) is 42.5 Å². The van der Waals surface area contributed by atoms with Gasteiger partial charge in [0.2, 0.25) is 0 Å². The average Bonchev–Trinajstić information content (AvgIpc) is 2.96. The van der Waals surface area contributed by atoms with Gasteiger partial charge in [-0.05, 0) is 35.2 Å². The third-order valence-corrected chi connectivity index (χ3v) is 4.83. The number of fused-ring (bicyclic) bond motifs is 1. The number of imidazole rings is 1. The molecule has 0 aliphatic rings. The molecular formula is C22H27N3O2. The van der Waals surface area contributed by atoms with Crippen molar-refractivity contribution in [3.05, 3.63) is 59.4 Å². The largest absolute Gasteiger partial charge is 0.497 e. The molecule has 0 atom stereocenters. The summed E-state index contributed by atoms with van der Waals surface area (Å²) in [6.07, 6.45) is 0.666. The van der Waals surface area contributed by atoms with Crippen molar-refractivity contribution in [3.8, 4) is 5.75 Å². The molecule has 0 aliphatic carbocycles. The van der Waals surface area contributed by atoms with E-state index in [2.05, 4.69) is 35.6 Å². The lowest BCUT2D eigenvalue weighted by atomic mass is 9.87. The summed E-state index contributed by atoms with van der Waals surface area (Å²) in [6.45, 7) is 7.02. The zero-order chi connectivity index (χ0) is 19.6. The van der Waals surface area contributed by atoms with Gasteiger partial charge in [0, 0.05) is 31.6 Å². The maximum absolute atomic E-state index is 12.4. The summed E-state index contributed by atoms with van der Waals surface area (Å²) in [7, 11) is 3.64. The molecule has 0 spiro atoms. The van der Waals surface area contributed by atoms with E-state index in [1.165, 1.54) is 5.56 Å². The van der Waals surface area contributed by atoms with Gasteiger partial charge in [0.1, 0.15) is 11.6 Å². The van der Waals surface area contributed by atoms with Crippen molar-refractivity contribution in [1.82, 2.24) is 14.9 Å². The zero-order valence-corrected chi connectivity index (χ0v) is 16.7. The van der Waals surface area contributed by atoms with Crippen LogP contribution >= 0.6 is 0 Å². The molecule has 1 heterocycles. The number of methoxy groups -OCH3 is 1. The third-order valence-electron chi connectivity index (χ3n) is 4.83. The number of amides is 1. The molecule has 27 heavy (non-hydrogen) atoms. The highest BCUT2D eigenvalue weighted by atomic mass is 16.5. The predicted octanol–water partition coefficient (Wildman–Crippen LogP) is 3.85. The summed E-state index contributed by atoms with van der Waals surface area (Å²) in [5.74, 6) is 1.66. The van der Waals surface area contributed by atoms with Crippen LogP contribution in [0.5, 0.6) is 5.75 Å². The summed E-state index contributed by atoms with van der Waals surface area (Å²) in [5.41, 5.74) is 3.93. The molecule has 3 aromatic rings. The second-order valence-corrected chi connectivity index (χ2v) is 7.77. The number of nitrogens with one attached hydrogen (secondary N) is 1. The second kappa shape index (κ2) is 7.43. The number of aromatic nitrogens is 2. The predicted molar refractivity (Wildman–Crippen MR) is 108 cm³/mol. The molecule has 1 aromatic heterocycles.